The lowest BCUT2D eigenvalue weighted by Gasteiger charge is -2.01. The first-order valence-corrected chi connectivity index (χ1v) is 3.59. The Bertz CT molecular complexity index is 331. The molecular weight excluding hydrogens is 174 g/mol. The van der Waals surface area contributed by atoms with Gasteiger partial charge >= 0.3 is 5.97 Å². The number of rotatable bonds is 3. The normalized spacial score (nSPS) is 9.62. The van der Waals surface area contributed by atoms with Crippen molar-refractivity contribution in [3.63, 3.8) is 0 Å². The molecule has 1 rings (SSSR count). The summed E-state index contributed by atoms with van der Waals surface area (Å²) in [7, 11) is 1.61. The Labute approximate surface area is 74.2 Å². The zero-order valence-corrected chi connectivity index (χ0v) is 7.02. The number of carbonyl (C=O) groups excluding carboxylic acids is 1. The lowest BCUT2D eigenvalue weighted by Crippen LogP contribution is -2.30. The monoisotopic (exact) mass is 183 g/mol. The fourth-order valence-corrected chi connectivity index (χ4v) is 0.843. The van der Waals surface area contributed by atoms with Crippen LogP contribution in [0.25, 0.3) is 0 Å². The van der Waals surface area contributed by atoms with Gasteiger partial charge in [-0.3, -0.25) is 14.3 Å². The summed E-state index contributed by atoms with van der Waals surface area (Å²) in [4.78, 5) is 21.3. The van der Waals surface area contributed by atoms with Crippen LogP contribution >= 0.6 is 0 Å². The third-order valence-electron chi connectivity index (χ3n) is 1.45. The molecule has 1 aromatic rings. The third-order valence-corrected chi connectivity index (χ3v) is 1.45. The fraction of sp³-hybridized carbons (Fsp3) is 0.286. The van der Waals surface area contributed by atoms with Crippen LogP contribution in [0.2, 0.25) is 0 Å². The van der Waals surface area contributed by atoms with E-state index in [0.29, 0.717) is 5.69 Å². The summed E-state index contributed by atoms with van der Waals surface area (Å²) in [6.45, 7) is -0.385. The van der Waals surface area contributed by atoms with E-state index >= 15 is 0 Å². The number of carboxylic acid groups (broad SMARTS) is 1. The predicted octanol–water partition coefficient (Wildman–Crippen LogP) is -0.765. The van der Waals surface area contributed by atoms with E-state index in [1.807, 2.05) is 0 Å². The number of hydrogen-bond acceptors (Lipinski definition) is 3. The average molecular weight is 183 g/mol. The van der Waals surface area contributed by atoms with Gasteiger partial charge < -0.3 is 10.4 Å². The van der Waals surface area contributed by atoms with Crippen molar-refractivity contribution in [2.75, 3.05) is 6.54 Å². The van der Waals surface area contributed by atoms with Gasteiger partial charge in [0.2, 0.25) is 0 Å². The first-order chi connectivity index (χ1) is 6.11. The lowest BCUT2D eigenvalue weighted by atomic mass is 10.4. The van der Waals surface area contributed by atoms with Crippen molar-refractivity contribution >= 4 is 11.9 Å². The molecule has 13 heavy (non-hydrogen) atoms. The molecule has 2 N–H and O–H groups in total. The highest BCUT2D eigenvalue weighted by molar-refractivity contribution is 5.94. The van der Waals surface area contributed by atoms with Crippen molar-refractivity contribution in [3.05, 3.63) is 18.0 Å². The van der Waals surface area contributed by atoms with Crippen LogP contribution in [0.5, 0.6) is 0 Å². The Balaban J connectivity index is 2.59. The van der Waals surface area contributed by atoms with Crippen molar-refractivity contribution in [1.82, 2.24) is 15.1 Å². The van der Waals surface area contributed by atoms with Gasteiger partial charge in [-0.25, -0.2) is 0 Å². The minimum atomic E-state index is -1.07. The molecule has 1 aromatic heterocycles. The quantitative estimate of drug-likeness (QED) is 0.644. The highest BCUT2D eigenvalue weighted by Crippen LogP contribution is 1.94. The van der Waals surface area contributed by atoms with Gasteiger partial charge in [0.25, 0.3) is 5.91 Å². The number of aliphatic carboxylic acids is 1. The van der Waals surface area contributed by atoms with Gasteiger partial charge in [-0.2, -0.15) is 5.10 Å². The Hall–Kier alpha value is -1.85. The van der Waals surface area contributed by atoms with E-state index in [1.54, 1.807) is 7.05 Å². The summed E-state index contributed by atoms with van der Waals surface area (Å²) in [5.41, 5.74) is 0.334. The van der Waals surface area contributed by atoms with Crippen LogP contribution in [-0.4, -0.2) is 33.3 Å². The summed E-state index contributed by atoms with van der Waals surface area (Å²) in [5.74, 6) is -1.52. The smallest absolute Gasteiger partial charge is 0.322 e. The molecule has 0 bridgehead atoms. The summed E-state index contributed by atoms with van der Waals surface area (Å²) in [5, 5.41) is 14.3. The molecule has 0 aromatic carbocycles. The molecule has 0 aliphatic rings. The number of aromatic nitrogens is 2. The molecule has 0 atom stereocenters. The Morgan fingerprint density at radius 2 is 2.38 bits per heavy atom. The van der Waals surface area contributed by atoms with E-state index in [9.17, 15) is 9.59 Å². The minimum Gasteiger partial charge on any atom is -0.480 e. The highest BCUT2D eigenvalue weighted by Gasteiger charge is 2.09. The lowest BCUT2D eigenvalue weighted by molar-refractivity contribution is -0.135. The molecule has 0 radical (unpaired) electrons. The van der Waals surface area contributed by atoms with Gasteiger partial charge in [0.1, 0.15) is 12.2 Å². The highest BCUT2D eigenvalue weighted by atomic mass is 16.4. The van der Waals surface area contributed by atoms with Crippen LogP contribution in [0.3, 0.4) is 0 Å². The summed E-state index contributed by atoms with van der Waals surface area (Å²) >= 11 is 0. The molecule has 0 fully saturated rings. The van der Waals surface area contributed by atoms with Crippen LogP contribution in [0.4, 0.5) is 0 Å². The maximum atomic E-state index is 11.2. The maximum Gasteiger partial charge on any atom is 0.322 e. The molecule has 70 valence electrons. The van der Waals surface area contributed by atoms with Crippen molar-refractivity contribution in [2.45, 2.75) is 0 Å². The van der Waals surface area contributed by atoms with Gasteiger partial charge in [-0.15, -0.1) is 0 Å². The molecule has 0 spiro atoms. The second-order valence-electron chi connectivity index (χ2n) is 2.42. The fourth-order valence-electron chi connectivity index (χ4n) is 0.843. The standard InChI is InChI=1S/C7H9N3O3/c1-10-5(2-3-9-10)7(13)8-4-6(11)12/h2-3H,4H2,1H3,(H,8,13)(H,11,12). The number of nitrogens with one attached hydrogen (secondary N) is 1. The van der Waals surface area contributed by atoms with Crippen molar-refractivity contribution < 1.29 is 14.7 Å². The first-order valence-electron chi connectivity index (χ1n) is 3.59. The van der Waals surface area contributed by atoms with E-state index in [0.717, 1.165) is 0 Å². The Morgan fingerprint density at radius 3 is 2.85 bits per heavy atom. The summed E-state index contributed by atoms with van der Waals surface area (Å²) in [6, 6.07) is 1.51. The zero-order valence-electron chi connectivity index (χ0n) is 7.02. The van der Waals surface area contributed by atoms with Crippen molar-refractivity contribution in [3.8, 4) is 0 Å². The molecule has 1 heterocycles. The summed E-state index contributed by atoms with van der Waals surface area (Å²) in [6.07, 6.45) is 1.47. The van der Waals surface area contributed by atoms with E-state index in [1.165, 1.54) is 16.9 Å². The Morgan fingerprint density at radius 1 is 1.69 bits per heavy atom. The van der Waals surface area contributed by atoms with Crippen LogP contribution in [0, 0.1) is 0 Å². The van der Waals surface area contributed by atoms with E-state index in [4.69, 9.17) is 5.11 Å². The minimum absolute atomic E-state index is 0.334. The number of carbonyl (C=O) groups is 2. The number of nitrogens with zero attached hydrogens (tertiary/aromatic N) is 2. The first kappa shape index (κ1) is 9.24. The van der Waals surface area contributed by atoms with Gasteiger partial charge in [-0.1, -0.05) is 0 Å². The number of amides is 1. The van der Waals surface area contributed by atoms with Crippen LogP contribution < -0.4 is 5.32 Å². The number of hydrogen-bond donors (Lipinski definition) is 2. The van der Waals surface area contributed by atoms with Crippen LogP contribution in [0.1, 0.15) is 10.5 Å². The number of carboxylic acids is 1. The van der Waals surface area contributed by atoms with Crippen LogP contribution in [0.15, 0.2) is 12.3 Å². The molecular formula is C7H9N3O3. The van der Waals surface area contributed by atoms with Gasteiger partial charge in [0.05, 0.1) is 0 Å². The topological polar surface area (TPSA) is 84.2 Å². The van der Waals surface area contributed by atoms with E-state index in [-0.39, 0.29) is 6.54 Å². The molecule has 6 heteroatoms. The molecule has 6 nitrogen and oxygen atoms in total. The van der Waals surface area contributed by atoms with E-state index in [2.05, 4.69) is 10.4 Å². The molecule has 0 aliphatic carbocycles. The predicted molar refractivity (Wildman–Crippen MR) is 43.2 cm³/mol. The molecule has 0 saturated heterocycles. The van der Waals surface area contributed by atoms with Crippen molar-refractivity contribution in [2.24, 2.45) is 7.05 Å². The molecule has 1 amide bonds. The van der Waals surface area contributed by atoms with Crippen LogP contribution in [-0.2, 0) is 11.8 Å². The van der Waals surface area contributed by atoms with Gasteiger partial charge in [0.15, 0.2) is 0 Å². The third kappa shape index (κ3) is 2.29. The molecule has 0 saturated carbocycles. The molecule has 0 unspecified atom stereocenters. The maximum absolute atomic E-state index is 11.2. The Kier molecular flexibility index (Phi) is 2.63. The van der Waals surface area contributed by atoms with Gasteiger partial charge in [0, 0.05) is 13.2 Å². The summed E-state index contributed by atoms with van der Waals surface area (Å²) < 4.78 is 1.37. The van der Waals surface area contributed by atoms with Gasteiger partial charge in [-0.05, 0) is 6.07 Å². The SMILES string of the molecule is Cn1nccc1C(=O)NCC(=O)O. The zero-order chi connectivity index (χ0) is 9.84. The molecule has 0 aliphatic heterocycles. The number of aryl methyl sites for hydroxylation is 1. The second kappa shape index (κ2) is 3.70. The van der Waals surface area contributed by atoms with Crippen molar-refractivity contribution in [1.29, 1.82) is 0 Å². The largest absolute Gasteiger partial charge is 0.480 e. The average Bonchev–Trinajstić information content (AvgIpc) is 2.47. The second-order valence-corrected chi connectivity index (χ2v) is 2.42. The van der Waals surface area contributed by atoms with E-state index < -0.39 is 11.9 Å².